The second-order valence-electron chi connectivity index (χ2n) is 18.1. The van der Waals surface area contributed by atoms with E-state index in [2.05, 4.69) is 20.2 Å². The van der Waals surface area contributed by atoms with Gasteiger partial charge in [0, 0.05) is 74.8 Å². The van der Waals surface area contributed by atoms with Crippen molar-refractivity contribution in [3.63, 3.8) is 0 Å². The zero-order valence-corrected chi connectivity index (χ0v) is 37.7. The van der Waals surface area contributed by atoms with Crippen LogP contribution in [0.2, 0.25) is 5.02 Å². The van der Waals surface area contributed by atoms with Gasteiger partial charge in [-0.05, 0) is 112 Å². The Morgan fingerprint density at radius 1 is 0.864 bits per heavy atom. The molecular formula is C49H55ClF3N7O6. The molecule has 0 spiro atoms. The van der Waals surface area contributed by atoms with Gasteiger partial charge in [-0.1, -0.05) is 36.9 Å². The maximum absolute atomic E-state index is 16.5. The molecule has 5 aliphatic rings. The third kappa shape index (κ3) is 9.59. The molecule has 1 unspecified atom stereocenters. The number of unbranched alkanes of at least 4 members (excludes halogenated alkanes) is 4. The van der Waals surface area contributed by atoms with Gasteiger partial charge in [-0.15, -0.1) is 0 Å². The van der Waals surface area contributed by atoms with Gasteiger partial charge in [-0.25, -0.2) is 23.1 Å². The molecule has 4 amide bonds. The molecule has 0 saturated carbocycles. The van der Waals surface area contributed by atoms with Crippen molar-refractivity contribution < 1.29 is 41.8 Å². The maximum atomic E-state index is 16.5. The zero-order chi connectivity index (χ0) is 45.9. The van der Waals surface area contributed by atoms with E-state index < -0.39 is 29.4 Å². The van der Waals surface area contributed by atoms with Crippen LogP contribution in [0.4, 0.5) is 19.0 Å². The Balaban J connectivity index is 0.737. The van der Waals surface area contributed by atoms with Crippen LogP contribution in [-0.4, -0.2) is 120 Å². The van der Waals surface area contributed by atoms with Crippen LogP contribution in [0, 0.1) is 23.4 Å². The lowest BCUT2D eigenvalue weighted by Gasteiger charge is -2.38. The molecule has 3 aromatic carbocycles. The SMILES string of the molecule is O=C1CCC(N2Cc3c(cc(F)cc3C3CCN(CCCCCCCOc4cccc(F)c4-c4c(Cl)cc5c(N6CCN(C(=O)C7CCOCC7)CC6)ncnc5c4F)CC3)C2=O)C(=O)N1. The van der Waals surface area contributed by atoms with Crippen molar-refractivity contribution in [1.82, 2.24) is 30.0 Å². The van der Waals surface area contributed by atoms with Gasteiger partial charge in [0.25, 0.3) is 5.91 Å². The number of rotatable bonds is 14. The molecule has 5 aliphatic heterocycles. The molecule has 4 fully saturated rings. The minimum Gasteiger partial charge on any atom is -0.493 e. The van der Waals surface area contributed by atoms with Gasteiger partial charge < -0.3 is 29.1 Å². The standard InChI is InChI=1S/C49H55ClF3N7O6/c50-37-27-35-45(54-29-55-46(35)58-18-20-59(21-19-58)48(63)31-13-23-65-24-14-31)44(53)42(37)43-38(52)7-6-8-40(43)66-22-5-3-1-2-4-15-57-16-11-30(12-17-57)33-25-32(51)26-34-36(33)28-60(49(34)64)39-9-10-41(61)56-47(39)62/h6-8,25-27,29-31,39H,1-5,9-24,28H2,(H,56,61,62). The zero-order valence-electron chi connectivity index (χ0n) is 37.0. The molecular weight excluding hydrogens is 875 g/mol. The van der Waals surface area contributed by atoms with Crippen LogP contribution < -0.4 is 15.0 Å². The van der Waals surface area contributed by atoms with Crippen LogP contribution in [0.3, 0.4) is 0 Å². The van der Waals surface area contributed by atoms with Crippen LogP contribution in [0.15, 0.2) is 42.7 Å². The summed E-state index contributed by atoms with van der Waals surface area (Å²) in [6.07, 6.45) is 9.49. The number of ether oxygens (including phenoxy) is 2. The predicted octanol–water partition coefficient (Wildman–Crippen LogP) is 7.41. The van der Waals surface area contributed by atoms with E-state index in [-0.39, 0.29) is 76.4 Å². The van der Waals surface area contributed by atoms with E-state index in [1.807, 2.05) is 9.80 Å². The van der Waals surface area contributed by atoms with Crippen LogP contribution in [0.1, 0.15) is 98.0 Å². The Kier molecular flexibility index (Phi) is 14.1. The van der Waals surface area contributed by atoms with Crippen LogP contribution in [0.25, 0.3) is 22.0 Å². The van der Waals surface area contributed by atoms with Crippen molar-refractivity contribution in [2.24, 2.45) is 5.92 Å². The highest BCUT2D eigenvalue weighted by Crippen LogP contribution is 2.43. The highest BCUT2D eigenvalue weighted by atomic mass is 35.5. The van der Waals surface area contributed by atoms with E-state index in [0.717, 1.165) is 88.5 Å². The van der Waals surface area contributed by atoms with E-state index >= 15 is 8.78 Å². The summed E-state index contributed by atoms with van der Waals surface area (Å²) in [4.78, 5) is 67.2. The number of nitrogens with one attached hydrogen (secondary N) is 1. The summed E-state index contributed by atoms with van der Waals surface area (Å²) in [7, 11) is 0. The van der Waals surface area contributed by atoms with Crippen molar-refractivity contribution in [2.75, 3.05) is 70.5 Å². The predicted molar refractivity (Wildman–Crippen MR) is 242 cm³/mol. The maximum Gasteiger partial charge on any atom is 0.255 e. The molecule has 13 nitrogen and oxygen atoms in total. The quantitative estimate of drug-likeness (QED) is 0.101. The highest BCUT2D eigenvalue weighted by Gasteiger charge is 2.41. The Morgan fingerprint density at radius 2 is 1.62 bits per heavy atom. The number of imide groups is 1. The van der Waals surface area contributed by atoms with Gasteiger partial charge >= 0.3 is 0 Å². The fourth-order valence-corrected chi connectivity index (χ4v) is 10.7. The number of hydrogen-bond donors (Lipinski definition) is 1. The Hall–Kier alpha value is -5.32. The molecule has 0 radical (unpaired) electrons. The summed E-state index contributed by atoms with van der Waals surface area (Å²) in [6.45, 7) is 6.45. The minimum absolute atomic E-state index is 0.0101. The fourth-order valence-electron chi connectivity index (χ4n) is 10.4. The summed E-state index contributed by atoms with van der Waals surface area (Å²) in [5.74, 6) is -2.15. The molecule has 0 aliphatic carbocycles. The first-order valence-electron chi connectivity index (χ1n) is 23.4. The van der Waals surface area contributed by atoms with E-state index in [4.69, 9.17) is 21.1 Å². The van der Waals surface area contributed by atoms with Crippen molar-refractivity contribution >= 4 is 52.0 Å². The monoisotopic (exact) mass is 929 g/mol. The summed E-state index contributed by atoms with van der Waals surface area (Å²) >= 11 is 6.79. The van der Waals surface area contributed by atoms with Gasteiger partial charge in [0.1, 0.15) is 41.1 Å². The first-order valence-corrected chi connectivity index (χ1v) is 23.8. The summed E-state index contributed by atoms with van der Waals surface area (Å²) in [5, 5.41) is 2.74. The first-order chi connectivity index (χ1) is 32.0. The Bertz CT molecular complexity index is 2490. The van der Waals surface area contributed by atoms with Crippen LogP contribution >= 0.6 is 11.6 Å². The highest BCUT2D eigenvalue weighted by molar-refractivity contribution is 6.34. The lowest BCUT2D eigenvalue weighted by atomic mass is 9.85. The number of anilines is 1. The second-order valence-corrected chi connectivity index (χ2v) is 18.5. The molecule has 4 saturated heterocycles. The molecule has 0 bridgehead atoms. The topological polar surface area (TPSA) is 138 Å². The number of hydrogen-bond acceptors (Lipinski definition) is 10. The van der Waals surface area contributed by atoms with E-state index in [1.54, 1.807) is 18.2 Å². The number of aromatic nitrogens is 2. The van der Waals surface area contributed by atoms with Crippen LogP contribution in [-0.2, 0) is 25.7 Å². The van der Waals surface area contributed by atoms with Gasteiger partial charge in [-0.2, -0.15) is 0 Å². The number of piperidine rings is 2. The summed E-state index contributed by atoms with van der Waals surface area (Å²) in [6, 6.07) is 8.06. The molecule has 1 aromatic heterocycles. The molecule has 4 aromatic rings. The normalized spacial score (nSPS) is 20.0. The van der Waals surface area contributed by atoms with E-state index in [1.165, 1.54) is 29.4 Å². The molecule has 1 N–H and O–H groups in total. The Labute approximate surface area is 386 Å². The fraction of sp³-hybridized carbons (Fsp3) is 0.510. The number of carbonyl (C=O) groups is 4. The summed E-state index contributed by atoms with van der Waals surface area (Å²) in [5.41, 5.74) is 1.79. The summed E-state index contributed by atoms with van der Waals surface area (Å²) < 4.78 is 58.5. The first kappa shape index (κ1) is 45.8. The van der Waals surface area contributed by atoms with Crippen molar-refractivity contribution in [3.8, 4) is 16.9 Å². The third-order valence-corrected chi connectivity index (χ3v) is 14.3. The van der Waals surface area contributed by atoms with Crippen molar-refractivity contribution in [1.29, 1.82) is 0 Å². The van der Waals surface area contributed by atoms with Gasteiger partial charge in [0.05, 0.1) is 17.2 Å². The van der Waals surface area contributed by atoms with Gasteiger partial charge in [-0.3, -0.25) is 24.5 Å². The number of likely N-dealkylation sites (tertiary alicyclic amines) is 1. The van der Waals surface area contributed by atoms with Gasteiger partial charge in [0.15, 0.2) is 5.82 Å². The van der Waals surface area contributed by atoms with Crippen molar-refractivity contribution in [2.45, 2.75) is 89.1 Å². The van der Waals surface area contributed by atoms with E-state index in [0.29, 0.717) is 62.8 Å². The number of amides is 4. The number of carbonyl (C=O) groups excluding carboxylic acids is 4. The molecule has 9 rings (SSSR count). The number of fused-ring (bicyclic) bond motifs is 2. The average Bonchev–Trinajstić information content (AvgIpc) is 3.65. The lowest BCUT2D eigenvalue weighted by Crippen LogP contribution is -2.52. The number of piperazine rings is 1. The van der Waals surface area contributed by atoms with Crippen LogP contribution in [0.5, 0.6) is 5.75 Å². The molecule has 1 atom stereocenters. The number of nitrogens with zero attached hydrogens (tertiary/aromatic N) is 6. The minimum atomic E-state index is -0.763. The van der Waals surface area contributed by atoms with Crippen molar-refractivity contribution in [3.05, 3.63) is 81.9 Å². The number of benzene rings is 3. The third-order valence-electron chi connectivity index (χ3n) is 14.0. The molecule has 66 heavy (non-hydrogen) atoms. The van der Waals surface area contributed by atoms with Gasteiger partial charge in [0.2, 0.25) is 17.7 Å². The lowest BCUT2D eigenvalue weighted by molar-refractivity contribution is -0.139. The second kappa shape index (κ2) is 20.3. The smallest absolute Gasteiger partial charge is 0.255 e. The molecule has 17 heteroatoms. The number of halogens is 4. The molecule has 350 valence electrons. The average molecular weight is 930 g/mol. The van der Waals surface area contributed by atoms with E-state index in [9.17, 15) is 23.6 Å². The Morgan fingerprint density at radius 3 is 2.39 bits per heavy atom. The largest absolute Gasteiger partial charge is 0.493 e. The molecule has 6 heterocycles.